The van der Waals surface area contributed by atoms with Crippen LogP contribution in [0.1, 0.15) is 33.2 Å². The molecular formula is C38H44N8O4. The first-order valence-corrected chi connectivity index (χ1v) is 17.4. The molecule has 2 aromatic carbocycles. The van der Waals surface area contributed by atoms with E-state index in [-0.39, 0.29) is 29.7 Å². The Kier molecular flexibility index (Phi) is 9.61. The second-order valence-electron chi connectivity index (χ2n) is 13.3. The van der Waals surface area contributed by atoms with E-state index < -0.39 is 5.79 Å². The minimum Gasteiger partial charge on any atom is -0.491 e. The Labute approximate surface area is 292 Å². The van der Waals surface area contributed by atoms with Gasteiger partial charge in [0.05, 0.1) is 31.0 Å². The number of aromatic nitrogens is 5. The quantitative estimate of drug-likeness (QED) is 0.217. The summed E-state index contributed by atoms with van der Waals surface area (Å²) < 4.78 is 24.2. The van der Waals surface area contributed by atoms with Gasteiger partial charge in [-0.3, -0.25) is 4.68 Å². The fourth-order valence-electron chi connectivity index (χ4n) is 7.05. The van der Waals surface area contributed by atoms with Crippen LogP contribution in [0.5, 0.6) is 5.75 Å². The highest BCUT2D eigenvalue weighted by Crippen LogP contribution is 2.41. The molecule has 50 heavy (non-hydrogen) atoms. The van der Waals surface area contributed by atoms with E-state index in [4.69, 9.17) is 14.2 Å². The van der Waals surface area contributed by atoms with Crippen molar-refractivity contribution in [3.63, 3.8) is 0 Å². The molecule has 0 radical (unpaired) electrons. The Morgan fingerprint density at radius 2 is 1.70 bits per heavy atom. The lowest BCUT2D eigenvalue weighted by atomic mass is 9.81. The fraction of sp³-hybridized carbons (Fsp3) is 0.421. The molecule has 0 N–H and O–H groups in total. The summed E-state index contributed by atoms with van der Waals surface area (Å²) in [6.45, 7) is 10.9. The molecule has 0 bridgehead atoms. The average molecular weight is 677 g/mol. The van der Waals surface area contributed by atoms with Gasteiger partial charge in [-0.2, -0.15) is 15.5 Å². The maximum atomic E-state index is 12.8. The molecule has 7 rings (SSSR count). The first-order valence-electron chi connectivity index (χ1n) is 17.4. The number of piperazine rings is 1. The molecule has 12 heteroatoms. The third-order valence-electron chi connectivity index (χ3n) is 10.1. The molecule has 3 aliphatic rings. The summed E-state index contributed by atoms with van der Waals surface area (Å²) in [7, 11) is 0. The molecule has 4 heterocycles. The zero-order chi connectivity index (χ0) is 34.7. The van der Waals surface area contributed by atoms with Crippen LogP contribution in [-0.2, 0) is 16.0 Å². The predicted molar refractivity (Wildman–Crippen MR) is 190 cm³/mol. The minimum atomic E-state index is -0.918. The van der Waals surface area contributed by atoms with Gasteiger partial charge in [-0.15, -0.1) is 0 Å². The van der Waals surface area contributed by atoms with Gasteiger partial charge < -0.3 is 24.0 Å². The van der Waals surface area contributed by atoms with E-state index in [0.717, 1.165) is 55.4 Å². The Hall–Kier alpha value is -5.12. The summed E-state index contributed by atoms with van der Waals surface area (Å²) in [4.78, 5) is 17.6. The molecule has 4 aromatic rings. The van der Waals surface area contributed by atoms with Gasteiger partial charge in [-0.25, -0.2) is 14.0 Å². The molecule has 2 aromatic heterocycles. The molecule has 260 valence electrons. The van der Waals surface area contributed by atoms with Gasteiger partial charge in [-0.05, 0) is 79.9 Å². The van der Waals surface area contributed by atoms with Crippen molar-refractivity contribution in [2.24, 2.45) is 11.8 Å². The zero-order valence-electron chi connectivity index (χ0n) is 28.8. The average Bonchev–Trinajstić information content (AvgIpc) is 3.92. The van der Waals surface area contributed by atoms with Crippen LogP contribution in [0, 0.1) is 23.2 Å². The highest BCUT2D eigenvalue weighted by atomic mass is 16.8. The summed E-state index contributed by atoms with van der Waals surface area (Å²) in [5.41, 5.74) is 3.66. The van der Waals surface area contributed by atoms with Crippen LogP contribution in [0.15, 0.2) is 102 Å². The van der Waals surface area contributed by atoms with Gasteiger partial charge >= 0.3 is 5.69 Å². The molecule has 0 spiro atoms. The summed E-state index contributed by atoms with van der Waals surface area (Å²) in [6, 6.07) is 20.6. The van der Waals surface area contributed by atoms with Crippen molar-refractivity contribution in [2.75, 3.05) is 49.2 Å². The Morgan fingerprint density at radius 1 is 1.02 bits per heavy atom. The number of nitriles is 1. The van der Waals surface area contributed by atoms with E-state index in [1.807, 2.05) is 66.4 Å². The molecule has 2 unspecified atom stereocenters. The maximum absolute atomic E-state index is 12.8. The van der Waals surface area contributed by atoms with Gasteiger partial charge in [0.25, 0.3) is 0 Å². The highest BCUT2D eigenvalue weighted by Gasteiger charge is 2.50. The summed E-state index contributed by atoms with van der Waals surface area (Å²) >= 11 is 0. The first-order chi connectivity index (χ1) is 24.4. The summed E-state index contributed by atoms with van der Waals surface area (Å²) in [5.74, 6) is -0.160. The number of hydrogen-bond acceptors (Lipinski definition) is 9. The molecule has 2 fully saturated rings. The molecule has 0 saturated carbocycles. The van der Waals surface area contributed by atoms with E-state index in [2.05, 4.69) is 64.2 Å². The molecule has 0 amide bonds. The lowest BCUT2D eigenvalue weighted by Crippen LogP contribution is -2.46. The third-order valence-corrected chi connectivity index (χ3v) is 10.1. The lowest BCUT2D eigenvalue weighted by molar-refractivity contribution is -0.213. The van der Waals surface area contributed by atoms with Crippen LogP contribution < -0.4 is 20.2 Å². The van der Waals surface area contributed by atoms with Crippen molar-refractivity contribution in [3.05, 3.63) is 108 Å². The molecule has 12 nitrogen and oxygen atoms in total. The van der Waals surface area contributed by atoms with Crippen LogP contribution >= 0.6 is 0 Å². The topological polar surface area (TPSA) is 116 Å². The summed E-state index contributed by atoms with van der Waals surface area (Å²) in [5, 5.41) is 18.1. The van der Waals surface area contributed by atoms with Crippen LogP contribution in [0.3, 0.4) is 0 Å². The number of allylic oxidation sites excluding steroid dienone is 3. The van der Waals surface area contributed by atoms with Crippen molar-refractivity contribution >= 4 is 11.4 Å². The minimum absolute atomic E-state index is 0.0585. The van der Waals surface area contributed by atoms with Crippen molar-refractivity contribution in [1.29, 1.82) is 5.26 Å². The number of benzene rings is 2. The van der Waals surface area contributed by atoms with Gasteiger partial charge in [-0.1, -0.05) is 26.0 Å². The van der Waals surface area contributed by atoms with Crippen molar-refractivity contribution in [3.8, 4) is 17.5 Å². The third kappa shape index (κ3) is 6.84. The van der Waals surface area contributed by atoms with Gasteiger partial charge in [0.2, 0.25) is 0 Å². The first kappa shape index (κ1) is 33.4. The number of ether oxygens (including phenoxy) is 3. The Bertz CT molecular complexity index is 1900. The molecule has 1 aliphatic carbocycles. The largest absolute Gasteiger partial charge is 0.491 e. The van der Waals surface area contributed by atoms with E-state index in [1.165, 1.54) is 0 Å². The normalized spacial score (nSPS) is 24.2. The van der Waals surface area contributed by atoms with E-state index in [0.29, 0.717) is 25.3 Å². The number of hydrogen-bond donors (Lipinski definition) is 0. The van der Waals surface area contributed by atoms with E-state index >= 15 is 0 Å². The highest BCUT2D eigenvalue weighted by molar-refractivity contribution is 5.54. The number of anilines is 2. The second kappa shape index (κ2) is 14.4. The van der Waals surface area contributed by atoms with Crippen molar-refractivity contribution < 1.29 is 14.2 Å². The van der Waals surface area contributed by atoms with Gasteiger partial charge in [0.15, 0.2) is 5.79 Å². The SMILES string of the molecule is CC[C@@H](C)n1ncn(-c2ccc(N3CCN(c4ccc(OC[C@@H]5CO[C@@](Cn6cccn6)(C6C=CC(C#N)=CC6C)O5)cc4)CC3)cc2)c1=O. The van der Waals surface area contributed by atoms with Crippen LogP contribution in [0.2, 0.25) is 0 Å². The second-order valence-corrected chi connectivity index (χ2v) is 13.3. The van der Waals surface area contributed by atoms with Crippen molar-refractivity contribution in [2.45, 2.75) is 51.7 Å². The smallest absolute Gasteiger partial charge is 0.350 e. The predicted octanol–water partition coefficient (Wildman–Crippen LogP) is 4.99. The molecule has 2 saturated heterocycles. The zero-order valence-corrected chi connectivity index (χ0v) is 28.8. The fourth-order valence-corrected chi connectivity index (χ4v) is 7.05. The molecule has 2 aliphatic heterocycles. The number of nitrogens with zero attached hydrogens (tertiary/aromatic N) is 8. The standard InChI is InChI=1S/C38H44N8O4/c1-4-29(3)46-37(47)45(27-41-46)33-9-7-31(8-10-33)42-18-20-43(21-19-42)32-11-13-34(14-12-32)48-24-35-25-49-38(50-35,26-44-17-5-16-40-44)36-15-6-30(23-39)22-28(36)2/h5-17,22,27-29,35-36H,4,18-21,24-26H2,1-3H3/t28?,29-,35-,36?,38-/m1/s1. The molecule has 5 atom stereocenters. The lowest BCUT2D eigenvalue weighted by Gasteiger charge is -2.38. The van der Waals surface area contributed by atoms with Gasteiger partial charge in [0, 0.05) is 61.4 Å². The van der Waals surface area contributed by atoms with E-state index in [9.17, 15) is 10.1 Å². The van der Waals surface area contributed by atoms with E-state index in [1.54, 1.807) is 21.8 Å². The van der Waals surface area contributed by atoms with Crippen LogP contribution in [0.4, 0.5) is 11.4 Å². The van der Waals surface area contributed by atoms with Crippen LogP contribution in [0.25, 0.3) is 5.69 Å². The maximum Gasteiger partial charge on any atom is 0.350 e. The Balaban J connectivity index is 0.918. The van der Waals surface area contributed by atoms with Crippen molar-refractivity contribution in [1.82, 2.24) is 24.1 Å². The van der Waals surface area contributed by atoms with Gasteiger partial charge in [0.1, 0.15) is 24.8 Å². The summed E-state index contributed by atoms with van der Waals surface area (Å²) in [6.07, 6.45) is 11.7. The van der Waals surface area contributed by atoms with Crippen LogP contribution in [-0.4, -0.2) is 75.4 Å². The Morgan fingerprint density at radius 3 is 2.32 bits per heavy atom. The monoisotopic (exact) mass is 676 g/mol. The molecular weight excluding hydrogens is 632 g/mol. The number of rotatable bonds is 11.